The van der Waals surface area contributed by atoms with Crippen molar-refractivity contribution in [3.05, 3.63) is 0 Å². The summed E-state index contributed by atoms with van der Waals surface area (Å²) >= 11 is 0. The summed E-state index contributed by atoms with van der Waals surface area (Å²) in [6.07, 6.45) is 3.46. The number of oxime groups is 2. The predicted molar refractivity (Wildman–Crippen MR) is 36.9 cm³/mol. The van der Waals surface area contributed by atoms with Gasteiger partial charge in [-0.05, 0) is 25.7 Å². The van der Waals surface area contributed by atoms with E-state index in [1.165, 1.54) is 0 Å². The largest absolute Gasteiger partial charge is 0.411 e. The fraction of sp³-hybridized carbons (Fsp3) is 0.667. The Labute approximate surface area is 58.8 Å². The molecule has 56 valence electrons. The molecule has 0 bridgehead atoms. The number of rotatable bonds is 0. The molecule has 1 aliphatic carbocycles. The molecule has 0 saturated heterocycles. The fourth-order valence-corrected chi connectivity index (χ4v) is 1.09. The topological polar surface area (TPSA) is 65.2 Å². The molecule has 0 amide bonds. The first kappa shape index (κ1) is 7.05. The number of hydrogen-bond acceptors (Lipinski definition) is 4. The molecular formula is C6H10N2O2. The third kappa shape index (κ3) is 1.26. The van der Waals surface area contributed by atoms with Crippen molar-refractivity contribution in [3.8, 4) is 0 Å². The van der Waals surface area contributed by atoms with Crippen LogP contribution in [0.4, 0.5) is 0 Å². The van der Waals surface area contributed by atoms with Crippen LogP contribution in [-0.2, 0) is 0 Å². The summed E-state index contributed by atoms with van der Waals surface area (Å²) < 4.78 is 0. The SMILES string of the molecule is O/N=C1/CCCC/C1=N\O. The van der Waals surface area contributed by atoms with E-state index in [-0.39, 0.29) is 0 Å². The van der Waals surface area contributed by atoms with Gasteiger partial charge < -0.3 is 10.4 Å². The zero-order chi connectivity index (χ0) is 7.40. The maximum Gasteiger partial charge on any atom is 0.104 e. The highest BCUT2D eigenvalue weighted by Gasteiger charge is 2.15. The van der Waals surface area contributed by atoms with Gasteiger partial charge in [-0.2, -0.15) is 0 Å². The van der Waals surface area contributed by atoms with Crippen molar-refractivity contribution in [3.63, 3.8) is 0 Å². The predicted octanol–water partition coefficient (Wildman–Crippen LogP) is 1.22. The molecule has 0 aromatic heterocycles. The lowest BCUT2D eigenvalue weighted by Gasteiger charge is -2.11. The van der Waals surface area contributed by atoms with E-state index in [1.54, 1.807) is 0 Å². The van der Waals surface area contributed by atoms with Crippen LogP contribution in [0.15, 0.2) is 10.3 Å². The third-order valence-electron chi connectivity index (χ3n) is 1.65. The zero-order valence-electron chi connectivity index (χ0n) is 5.62. The molecular weight excluding hydrogens is 132 g/mol. The normalized spacial score (nSPS) is 27.6. The second-order valence-corrected chi connectivity index (χ2v) is 2.30. The summed E-state index contributed by atoms with van der Waals surface area (Å²) in [7, 11) is 0. The summed E-state index contributed by atoms with van der Waals surface area (Å²) in [5, 5.41) is 22.8. The van der Waals surface area contributed by atoms with E-state index in [9.17, 15) is 0 Å². The van der Waals surface area contributed by atoms with Gasteiger partial charge in [0.15, 0.2) is 0 Å². The molecule has 0 aliphatic heterocycles. The van der Waals surface area contributed by atoms with E-state index in [4.69, 9.17) is 10.4 Å². The molecule has 1 fully saturated rings. The van der Waals surface area contributed by atoms with Crippen LogP contribution in [0.1, 0.15) is 25.7 Å². The summed E-state index contributed by atoms with van der Waals surface area (Å²) in [5.74, 6) is 0. The van der Waals surface area contributed by atoms with Gasteiger partial charge in [0.25, 0.3) is 0 Å². The zero-order valence-corrected chi connectivity index (χ0v) is 5.62. The van der Waals surface area contributed by atoms with Crippen LogP contribution < -0.4 is 0 Å². The Kier molecular flexibility index (Phi) is 2.25. The second kappa shape index (κ2) is 3.20. The van der Waals surface area contributed by atoms with Gasteiger partial charge >= 0.3 is 0 Å². The molecule has 0 aromatic rings. The maximum atomic E-state index is 8.39. The van der Waals surface area contributed by atoms with Crippen molar-refractivity contribution >= 4 is 11.4 Å². The minimum atomic E-state index is 0.522. The summed E-state index contributed by atoms with van der Waals surface area (Å²) in [4.78, 5) is 0. The Morgan fingerprint density at radius 3 is 1.60 bits per heavy atom. The van der Waals surface area contributed by atoms with E-state index >= 15 is 0 Å². The Hall–Kier alpha value is -1.06. The molecule has 4 nitrogen and oxygen atoms in total. The van der Waals surface area contributed by atoms with Gasteiger partial charge in [0.05, 0.1) is 0 Å². The lowest BCUT2D eigenvalue weighted by atomic mass is 9.97. The molecule has 0 atom stereocenters. The highest BCUT2D eigenvalue weighted by Crippen LogP contribution is 2.12. The summed E-state index contributed by atoms with van der Waals surface area (Å²) in [6, 6.07) is 0. The van der Waals surface area contributed by atoms with Crippen molar-refractivity contribution in [2.75, 3.05) is 0 Å². The minimum Gasteiger partial charge on any atom is -0.411 e. The Balaban J connectivity index is 2.69. The van der Waals surface area contributed by atoms with Crippen molar-refractivity contribution in [1.29, 1.82) is 0 Å². The molecule has 0 radical (unpaired) electrons. The van der Waals surface area contributed by atoms with Crippen LogP contribution in [0, 0.1) is 0 Å². The molecule has 1 rings (SSSR count). The van der Waals surface area contributed by atoms with Gasteiger partial charge in [-0.3, -0.25) is 0 Å². The first-order chi connectivity index (χ1) is 4.88. The number of hydrogen-bond donors (Lipinski definition) is 2. The van der Waals surface area contributed by atoms with Gasteiger partial charge in [-0.1, -0.05) is 10.3 Å². The van der Waals surface area contributed by atoms with Crippen LogP contribution in [0.5, 0.6) is 0 Å². The highest BCUT2D eigenvalue weighted by atomic mass is 16.4. The van der Waals surface area contributed by atoms with Crippen LogP contribution in [0.3, 0.4) is 0 Å². The van der Waals surface area contributed by atoms with E-state index < -0.39 is 0 Å². The molecule has 0 aromatic carbocycles. The molecule has 2 N–H and O–H groups in total. The first-order valence-electron chi connectivity index (χ1n) is 3.30. The maximum absolute atomic E-state index is 8.39. The molecule has 1 saturated carbocycles. The molecule has 4 heteroatoms. The van der Waals surface area contributed by atoms with Gasteiger partial charge in [-0.15, -0.1) is 0 Å². The van der Waals surface area contributed by atoms with Gasteiger partial charge in [0.2, 0.25) is 0 Å². The van der Waals surface area contributed by atoms with Crippen LogP contribution in [0.2, 0.25) is 0 Å². The molecule has 0 unspecified atom stereocenters. The first-order valence-corrected chi connectivity index (χ1v) is 3.30. The smallest absolute Gasteiger partial charge is 0.104 e. The van der Waals surface area contributed by atoms with Crippen LogP contribution in [-0.4, -0.2) is 21.8 Å². The average molecular weight is 142 g/mol. The van der Waals surface area contributed by atoms with Gasteiger partial charge in [0, 0.05) is 0 Å². The minimum absolute atomic E-state index is 0.522. The lowest BCUT2D eigenvalue weighted by molar-refractivity contribution is 0.310. The van der Waals surface area contributed by atoms with Crippen molar-refractivity contribution in [1.82, 2.24) is 0 Å². The van der Waals surface area contributed by atoms with Gasteiger partial charge in [-0.25, -0.2) is 0 Å². The van der Waals surface area contributed by atoms with Crippen LogP contribution >= 0.6 is 0 Å². The Bertz CT molecular complexity index is 155. The summed E-state index contributed by atoms with van der Waals surface area (Å²) in [6.45, 7) is 0. The van der Waals surface area contributed by atoms with E-state index in [2.05, 4.69) is 10.3 Å². The van der Waals surface area contributed by atoms with E-state index in [0.29, 0.717) is 11.4 Å². The average Bonchev–Trinajstić information content (AvgIpc) is 2.04. The van der Waals surface area contributed by atoms with E-state index in [1.807, 2.05) is 0 Å². The standard InChI is InChI=1S/C6H10N2O2/c9-7-5-3-1-2-4-6(5)8-10/h9-10H,1-4H2/b7-5-,8-6+. The van der Waals surface area contributed by atoms with Crippen molar-refractivity contribution in [2.24, 2.45) is 10.3 Å². The Morgan fingerprint density at radius 1 is 0.900 bits per heavy atom. The molecule has 0 heterocycles. The van der Waals surface area contributed by atoms with Gasteiger partial charge in [0.1, 0.15) is 11.4 Å². The monoisotopic (exact) mass is 142 g/mol. The lowest BCUT2D eigenvalue weighted by Crippen LogP contribution is -2.18. The second-order valence-electron chi connectivity index (χ2n) is 2.30. The van der Waals surface area contributed by atoms with Crippen LogP contribution in [0.25, 0.3) is 0 Å². The molecule has 10 heavy (non-hydrogen) atoms. The highest BCUT2D eigenvalue weighted by molar-refractivity contribution is 6.42. The summed E-state index contributed by atoms with van der Waals surface area (Å²) in [5.41, 5.74) is 1.04. The van der Waals surface area contributed by atoms with Crippen molar-refractivity contribution < 1.29 is 10.4 Å². The molecule has 1 aliphatic rings. The van der Waals surface area contributed by atoms with E-state index in [0.717, 1.165) is 25.7 Å². The Morgan fingerprint density at radius 2 is 1.30 bits per heavy atom. The van der Waals surface area contributed by atoms with Crippen molar-refractivity contribution in [2.45, 2.75) is 25.7 Å². The fourth-order valence-electron chi connectivity index (χ4n) is 1.09. The third-order valence-corrected chi connectivity index (χ3v) is 1.65. The quantitative estimate of drug-likeness (QED) is 0.394. The number of nitrogens with zero attached hydrogens (tertiary/aromatic N) is 2. The molecule has 0 spiro atoms.